The molecule has 0 spiro atoms. The molecule has 0 fully saturated rings. The number of hydrogen-bond donors (Lipinski definition) is 1. The molecule has 0 unspecified atom stereocenters. The van der Waals surface area contributed by atoms with Gasteiger partial charge in [0.15, 0.2) is 0 Å². The van der Waals surface area contributed by atoms with Gasteiger partial charge in [0.25, 0.3) is 0 Å². The van der Waals surface area contributed by atoms with Gasteiger partial charge in [-0.1, -0.05) is 18.2 Å². The highest BCUT2D eigenvalue weighted by Gasteiger charge is 2.11. The van der Waals surface area contributed by atoms with Gasteiger partial charge in [-0.25, -0.2) is 9.97 Å². The van der Waals surface area contributed by atoms with E-state index in [1.807, 2.05) is 37.3 Å². The lowest BCUT2D eigenvalue weighted by molar-refractivity contribution is 0.525. The molecule has 18 heavy (non-hydrogen) atoms. The Balaban J connectivity index is 1.86. The quantitative estimate of drug-likeness (QED) is 0.761. The van der Waals surface area contributed by atoms with Crippen LogP contribution in [0.25, 0.3) is 11.0 Å². The zero-order chi connectivity index (χ0) is 12.4. The molecule has 1 aromatic carbocycles. The van der Waals surface area contributed by atoms with E-state index >= 15 is 0 Å². The first kappa shape index (κ1) is 10.8. The molecule has 0 amide bonds. The normalized spacial score (nSPS) is 12.5. The van der Waals surface area contributed by atoms with Crippen LogP contribution in [0.15, 0.2) is 53.2 Å². The highest BCUT2D eigenvalue weighted by atomic mass is 16.3. The Kier molecular flexibility index (Phi) is 2.68. The van der Waals surface area contributed by atoms with E-state index in [4.69, 9.17) is 4.42 Å². The van der Waals surface area contributed by atoms with Crippen molar-refractivity contribution in [2.75, 3.05) is 5.32 Å². The van der Waals surface area contributed by atoms with Gasteiger partial charge in [-0.3, -0.25) is 0 Å². The zero-order valence-corrected chi connectivity index (χ0v) is 10.00. The third-order valence-electron chi connectivity index (χ3n) is 2.78. The van der Waals surface area contributed by atoms with Crippen molar-refractivity contribution in [2.45, 2.75) is 13.0 Å². The van der Waals surface area contributed by atoms with E-state index < -0.39 is 0 Å². The first-order valence-electron chi connectivity index (χ1n) is 5.85. The predicted molar refractivity (Wildman–Crippen MR) is 70.3 cm³/mol. The van der Waals surface area contributed by atoms with Crippen molar-refractivity contribution in [3.05, 3.63) is 54.6 Å². The molecule has 0 aliphatic heterocycles. The molecule has 3 aromatic rings. The highest BCUT2D eigenvalue weighted by molar-refractivity contribution is 5.77. The molecule has 0 radical (unpaired) electrons. The molecular formula is C14H13N3O. The van der Waals surface area contributed by atoms with Crippen LogP contribution in [0.2, 0.25) is 0 Å². The molecule has 4 heteroatoms. The number of furan rings is 1. The van der Waals surface area contributed by atoms with Crippen molar-refractivity contribution in [2.24, 2.45) is 0 Å². The van der Waals surface area contributed by atoms with Crippen LogP contribution in [0.4, 0.5) is 5.95 Å². The maximum absolute atomic E-state index is 5.78. The Labute approximate surface area is 105 Å². The summed E-state index contributed by atoms with van der Waals surface area (Å²) < 4.78 is 5.78. The van der Waals surface area contributed by atoms with Crippen molar-refractivity contribution >= 4 is 16.9 Å². The molecule has 3 rings (SSSR count). The van der Waals surface area contributed by atoms with Gasteiger partial charge in [0.2, 0.25) is 5.95 Å². The van der Waals surface area contributed by atoms with Crippen molar-refractivity contribution in [1.82, 2.24) is 9.97 Å². The highest BCUT2D eigenvalue weighted by Crippen LogP contribution is 2.25. The number of fused-ring (bicyclic) bond motifs is 1. The summed E-state index contributed by atoms with van der Waals surface area (Å²) in [6, 6.07) is 11.8. The minimum atomic E-state index is 0.0276. The summed E-state index contributed by atoms with van der Waals surface area (Å²) in [5, 5.41) is 4.31. The van der Waals surface area contributed by atoms with Gasteiger partial charge in [0, 0.05) is 17.8 Å². The molecule has 90 valence electrons. The topological polar surface area (TPSA) is 51.0 Å². The number of nitrogens with zero attached hydrogens (tertiary/aromatic N) is 2. The second-order valence-electron chi connectivity index (χ2n) is 4.13. The number of para-hydroxylation sites is 1. The number of rotatable bonds is 3. The third-order valence-corrected chi connectivity index (χ3v) is 2.78. The maximum atomic E-state index is 5.78. The number of aromatic nitrogens is 2. The van der Waals surface area contributed by atoms with E-state index in [1.165, 1.54) is 0 Å². The minimum Gasteiger partial charge on any atom is -0.459 e. The largest absolute Gasteiger partial charge is 0.459 e. The molecule has 2 heterocycles. The van der Waals surface area contributed by atoms with Crippen molar-refractivity contribution < 1.29 is 4.42 Å². The molecule has 0 bridgehead atoms. The van der Waals surface area contributed by atoms with E-state index in [2.05, 4.69) is 15.3 Å². The molecule has 0 saturated heterocycles. The summed E-state index contributed by atoms with van der Waals surface area (Å²) in [6.07, 6.45) is 3.42. The van der Waals surface area contributed by atoms with Gasteiger partial charge < -0.3 is 9.73 Å². The number of nitrogens with one attached hydrogen (secondary N) is 1. The second kappa shape index (κ2) is 4.49. The zero-order valence-electron chi connectivity index (χ0n) is 10.00. The second-order valence-corrected chi connectivity index (χ2v) is 4.13. The van der Waals surface area contributed by atoms with Crippen LogP contribution >= 0.6 is 0 Å². The van der Waals surface area contributed by atoms with Gasteiger partial charge in [-0.05, 0) is 25.1 Å². The Morgan fingerprint density at radius 2 is 1.89 bits per heavy atom. The minimum absolute atomic E-state index is 0.0276. The summed E-state index contributed by atoms with van der Waals surface area (Å²) in [5.74, 6) is 1.48. The van der Waals surface area contributed by atoms with Crippen LogP contribution in [0.1, 0.15) is 18.7 Å². The summed E-state index contributed by atoms with van der Waals surface area (Å²) in [4.78, 5) is 8.27. The van der Waals surface area contributed by atoms with E-state index in [0.717, 1.165) is 16.7 Å². The van der Waals surface area contributed by atoms with Crippen LogP contribution in [-0.4, -0.2) is 9.97 Å². The number of anilines is 1. The van der Waals surface area contributed by atoms with E-state index in [1.54, 1.807) is 18.5 Å². The van der Waals surface area contributed by atoms with Crippen LogP contribution in [0, 0.1) is 0 Å². The lowest BCUT2D eigenvalue weighted by atomic mass is 10.2. The van der Waals surface area contributed by atoms with Crippen molar-refractivity contribution in [3.63, 3.8) is 0 Å². The maximum Gasteiger partial charge on any atom is 0.223 e. The summed E-state index contributed by atoms with van der Waals surface area (Å²) in [6.45, 7) is 2.02. The summed E-state index contributed by atoms with van der Waals surface area (Å²) in [5.41, 5.74) is 0.898. The fraction of sp³-hybridized carbons (Fsp3) is 0.143. The fourth-order valence-electron chi connectivity index (χ4n) is 1.85. The molecule has 0 aliphatic rings. The van der Waals surface area contributed by atoms with Crippen molar-refractivity contribution in [1.29, 1.82) is 0 Å². The van der Waals surface area contributed by atoms with Gasteiger partial charge >= 0.3 is 0 Å². The third kappa shape index (κ3) is 2.05. The van der Waals surface area contributed by atoms with Gasteiger partial charge in [-0.2, -0.15) is 0 Å². The molecular weight excluding hydrogens is 226 g/mol. The monoisotopic (exact) mass is 239 g/mol. The number of benzene rings is 1. The summed E-state index contributed by atoms with van der Waals surface area (Å²) >= 11 is 0. The Bertz CT molecular complexity index is 615. The van der Waals surface area contributed by atoms with Crippen LogP contribution in [0.5, 0.6) is 0 Å². The molecule has 0 aliphatic carbocycles. The van der Waals surface area contributed by atoms with Crippen molar-refractivity contribution in [3.8, 4) is 0 Å². The van der Waals surface area contributed by atoms with Gasteiger partial charge in [0.1, 0.15) is 11.3 Å². The van der Waals surface area contributed by atoms with Crippen LogP contribution in [-0.2, 0) is 0 Å². The molecule has 0 saturated carbocycles. The van der Waals surface area contributed by atoms with Crippen LogP contribution in [0.3, 0.4) is 0 Å². The fourth-order valence-corrected chi connectivity index (χ4v) is 1.85. The Hall–Kier alpha value is -2.36. The predicted octanol–water partition coefficient (Wildman–Crippen LogP) is 3.40. The SMILES string of the molecule is C[C@@H](Nc1ncccn1)c1cc2ccccc2o1. The molecule has 1 atom stereocenters. The van der Waals surface area contributed by atoms with E-state index in [-0.39, 0.29) is 6.04 Å². The molecule has 1 N–H and O–H groups in total. The smallest absolute Gasteiger partial charge is 0.223 e. The Morgan fingerprint density at radius 3 is 2.67 bits per heavy atom. The van der Waals surface area contributed by atoms with Gasteiger partial charge in [-0.15, -0.1) is 0 Å². The first-order valence-corrected chi connectivity index (χ1v) is 5.85. The average Bonchev–Trinajstić information content (AvgIpc) is 2.84. The molecule has 4 nitrogen and oxygen atoms in total. The molecule has 2 aromatic heterocycles. The lowest BCUT2D eigenvalue weighted by Gasteiger charge is -2.10. The standard InChI is InChI=1S/C14H13N3O/c1-10(17-14-15-7-4-8-16-14)13-9-11-5-2-3-6-12(11)18-13/h2-10H,1H3,(H,15,16,17)/t10-/m1/s1. The first-order chi connectivity index (χ1) is 8.83. The average molecular weight is 239 g/mol. The number of hydrogen-bond acceptors (Lipinski definition) is 4. The van der Waals surface area contributed by atoms with E-state index in [9.17, 15) is 0 Å². The summed E-state index contributed by atoms with van der Waals surface area (Å²) in [7, 11) is 0. The van der Waals surface area contributed by atoms with Crippen LogP contribution < -0.4 is 5.32 Å². The lowest BCUT2D eigenvalue weighted by Crippen LogP contribution is -2.07. The van der Waals surface area contributed by atoms with E-state index in [0.29, 0.717) is 5.95 Å². The Morgan fingerprint density at radius 1 is 1.11 bits per heavy atom. The van der Waals surface area contributed by atoms with Gasteiger partial charge in [0.05, 0.1) is 6.04 Å².